The molecule has 10 aromatic rings. The molecule has 0 saturated carbocycles. The van der Waals surface area contributed by atoms with Gasteiger partial charge in [-0.1, -0.05) is 196 Å². The van der Waals surface area contributed by atoms with Crippen molar-refractivity contribution in [3.63, 3.8) is 0 Å². The molecule has 0 radical (unpaired) electrons. The van der Waals surface area contributed by atoms with Gasteiger partial charge in [-0.25, -0.2) is 38.9 Å². The topological polar surface area (TPSA) is 230 Å². The number of nitrogens with zero attached hydrogens (tertiary/aromatic N) is 10. The smallest absolute Gasteiger partial charge is 0.417 e. The number of benzene rings is 5. The second-order valence-corrected chi connectivity index (χ2v) is 36.1. The number of aromatic nitrogens is 5. The number of carboxylic acids is 1. The van der Waals surface area contributed by atoms with Gasteiger partial charge in [-0.3, -0.25) is 24.0 Å². The number of ether oxygens (including phenoxy) is 1. The third kappa shape index (κ3) is 24.6. The van der Waals surface area contributed by atoms with Crippen molar-refractivity contribution >= 4 is 191 Å². The van der Waals surface area contributed by atoms with Crippen LogP contribution in [-0.4, -0.2) is 140 Å². The Morgan fingerprint density at radius 3 is 1.05 bits per heavy atom. The first-order chi connectivity index (χ1) is 58.5. The minimum absolute atomic E-state index is 0.000396. The average Bonchev–Trinajstić information content (AvgIpc) is 0.805. The van der Waals surface area contributed by atoms with Crippen molar-refractivity contribution in [3.8, 4) is 0 Å². The van der Waals surface area contributed by atoms with Crippen LogP contribution in [0.15, 0.2) is 188 Å². The van der Waals surface area contributed by atoms with Gasteiger partial charge in [-0.05, 0) is 207 Å². The molecular formula is C89H85BrCl4F4N10O9S5. The van der Waals surface area contributed by atoms with Crippen LogP contribution >= 0.6 is 121 Å². The molecule has 5 aliphatic heterocycles. The van der Waals surface area contributed by atoms with Crippen molar-refractivity contribution in [2.45, 2.75) is 130 Å². The van der Waals surface area contributed by atoms with Crippen LogP contribution < -0.4 is 24.5 Å². The van der Waals surface area contributed by atoms with E-state index >= 15 is 0 Å². The Hall–Kier alpha value is -8.75. The number of methoxy groups -OCH3 is 1. The van der Waals surface area contributed by atoms with E-state index in [1.807, 2.05) is 101 Å². The zero-order chi connectivity index (χ0) is 87.5. The predicted molar refractivity (Wildman–Crippen MR) is 485 cm³/mol. The quantitative estimate of drug-likeness (QED) is 0.0507. The molecule has 0 bridgehead atoms. The Balaban J connectivity index is 0.000000149. The second-order valence-electron chi connectivity index (χ2n) is 28.7. The first-order valence-electron chi connectivity index (χ1n) is 38.8. The van der Waals surface area contributed by atoms with Crippen molar-refractivity contribution in [2.75, 3.05) is 93.1 Å². The minimum atomic E-state index is -4.65. The van der Waals surface area contributed by atoms with Gasteiger partial charge in [-0.15, -0.1) is 0 Å². The summed E-state index contributed by atoms with van der Waals surface area (Å²) in [6.45, 7) is 13.7. The number of carbonyl (C=O) groups is 7. The summed E-state index contributed by atoms with van der Waals surface area (Å²) in [5.74, 6) is -1.53. The molecular weight excluding hydrogens is 1810 g/mol. The number of carbonyl (C=O) groups excluding carboxylic acids is 6. The number of esters is 1. The van der Waals surface area contributed by atoms with E-state index in [-0.39, 0.29) is 68.0 Å². The molecule has 0 fully saturated rings. The summed E-state index contributed by atoms with van der Waals surface area (Å²) in [4.78, 5) is 115. The van der Waals surface area contributed by atoms with E-state index in [0.29, 0.717) is 67.0 Å². The fourth-order valence-electron chi connectivity index (χ4n) is 14.6. The van der Waals surface area contributed by atoms with Gasteiger partial charge in [0.2, 0.25) is 29.5 Å². The molecule has 0 unspecified atom stereocenters. The fraction of sp³-hybridized carbons (Fsp3) is 0.303. The number of thioether (sulfide) groups is 5. The van der Waals surface area contributed by atoms with Crippen molar-refractivity contribution in [1.82, 2.24) is 24.9 Å². The summed E-state index contributed by atoms with van der Waals surface area (Å²) in [6, 6.07) is 39.3. The van der Waals surface area contributed by atoms with Crippen LogP contribution in [-0.2, 0) is 67.0 Å². The summed E-state index contributed by atoms with van der Waals surface area (Å²) >= 11 is 33.7. The van der Waals surface area contributed by atoms with Gasteiger partial charge in [0.25, 0.3) is 0 Å². The van der Waals surface area contributed by atoms with Crippen LogP contribution in [0.5, 0.6) is 0 Å². The van der Waals surface area contributed by atoms with Crippen LogP contribution in [0, 0.1) is 40.4 Å². The number of pyridine rings is 5. The third-order valence-electron chi connectivity index (χ3n) is 20.2. The van der Waals surface area contributed by atoms with E-state index in [1.165, 1.54) is 107 Å². The molecule has 15 rings (SSSR count). The van der Waals surface area contributed by atoms with Crippen molar-refractivity contribution in [1.29, 1.82) is 0 Å². The summed E-state index contributed by atoms with van der Waals surface area (Å²) < 4.78 is 57.1. The Labute approximate surface area is 755 Å². The van der Waals surface area contributed by atoms with Crippen LogP contribution in [0.3, 0.4) is 0 Å². The highest BCUT2D eigenvalue weighted by atomic mass is 79.9. The van der Waals surface area contributed by atoms with Crippen LogP contribution in [0.25, 0.3) is 0 Å². The van der Waals surface area contributed by atoms with Gasteiger partial charge in [0.05, 0.1) is 77.7 Å². The fourth-order valence-corrected chi connectivity index (χ4v) is 19.7. The molecule has 0 saturated heterocycles. The van der Waals surface area contributed by atoms with Gasteiger partial charge in [0.15, 0.2) is 5.82 Å². The second kappa shape index (κ2) is 44.2. The first kappa shape index (κ1) is 93.9. The Morgan fingerprint density at radius 2 is 0.738 bits per heavy atom. The molecule has 33 heteroatoms. The molecule has 0 spiro atoms. The summed E-state index contributed by atoms with van der Waals surface area (Å²) in [5, 5.41) is 12.8. The van der Waals surface area contributed by atoms with Gasteiger partial charge in [0.1, 0.15) is 20.1 Å². The van der Waals surface area contributed by atoms with Gasteiger partial charge < -0.3 is 34.3 Å². The maximum Gasteiger partial charge on any atom is 0.417 e. The number of carboxylic acid groups (broad SMARTS) is 1. The van der Waals surface area contributed by atoms with Crippen molar-refractivity contribution in [2.24, 2.45) is 0 Å². The lowest BCUT2D eigenvalue weighted by molar-refractivity contribution is -0.138. The maximum atomic E-state index is 13.9. The molecule has 0 atom stereocenters. The molecule has 5 aromatic carbocycles. The largest absolute Gasteiger partial charge is 0.478 e. The van der Waals surface area contributed by atoms with E-state index in [2.05, 4.69) is 102 Å². The molecule has 1 N–H and O–H groups in total. The van der Waals surface area contributed by atoms with Gasteiger partial charge in [0, 0.05) is 96.6 Å². The Kier molecular flexibility index (Phi) is 34.0. The normalized spacial score (nSPS) is 13.7. The van der Waals surface area contributed by atoms with Crippen molar-refractivity contribution < 1.29 is 61.0 Å². The van der Waals surface area contributed by atoms with E-state index in [1.54, 1.807) is 23.4 Å². The number of para-hydroxylation sites is 5. The van der Waals surface area contributed by atoms with E-state index in [4.69, 9.17) is 51.5 Å². The standard InChI is InChI=1S/C19H19ClN2O3S.C18H17ClN2O3S.C18H16F4N2OS.C17H17BrN2OS.C17H16Cl2N2OS/c1-12-5-3-6-13-7-4-8-22(17(12)13)16(23)11-26-18-15(20)9-14(10-21-18)19(24)25-2;1-11-4-2-5-12-6-3-7-21(16(11)12)15(22)10-25-17-14(19)8-13(9-20-17)18(23)24;1-11-4-2-5-12-6-3-7-24(16(11)12)15(25)10-26-17-14(19)8-13(9-23-17)18(20,21)22;1-12-4-2-5-13-6-3-9-20(17(12)13)16(21)11-22-15-8-7-14(18)10-19-15;1-11-4-2-5-12-6-3-7-21(16(11)12)15(22)10-23-17-14(19)8-13(18)9-20-17/h3,5-6,9-10H,4,7-8,11H2,1-2H3;2,4-5,8-9H,3,6-7,10H2,1H3,(H,23,24);2,4-5,8-9H,3,6-7,10H2,1H3;2,4-5,7-8,10H,3,6,9,11H2,1H3;2,4-5,8-9H,3,6-7,10H2,1H3. The lowest BCUT2D eigenvalue weighted by atomic mass is 9.98. The third-order valence-corrected chi connectivity index (χ3v) is 26.9. The molecule has 122 heavy (non-hydrogen) atoms. The highest BCUT2D eigenvalue weighted by Gasteiger charge is 2.34. The molecule has 19 nitrogen and oxygen atoms in total. The number of rotatable bonds is 17. The van der Waals surface area contributed by atoms with Crippen molar-refractivity contribution in [3.05, 3.63) is 261 Å². The molecule has 5 amide bonds. The number of alkyl halides is 3. The van der Waals surface area contributed by atoms with Gasteiger partial charge >= 0.3 is 18.1 Å². The Bertz CT molecular complexity index is 5540. The number of hydrogen-bond acceptors (Lipinski definition) is 18. The number of aryl methyl sites for hydroxylation is 10. The SMILES string of the molecule is COC(=O)c1cnc(SCC(=O)N2CCCc3cccc(C)c32)c(Cl)c1.Cc1cccc2c1N(C(=O)CSc1ccc(Br)cn1)CCC2.Cc1cccc2c1N(C(=O)CSc1ncc(C(=O)O)cc1Cl)CCC2.Cc1cccc2c1N(C(=O)CSc1ncc(C(F)(F)F)cc1F)CCC2.Cc1cccc2c1N(C(=O)CSc1ncc(Cl)cc1Cl)CCC2. The lowest BCUT2D eigenvalue weighted by Gasteiger charge is -2.31. The summed E-state index contributed by atoms with van der Waals surface area (Å²) in [5.41, 5.74) is 15.8. The zero-order valence-electron chi connectivity index (χ0n) is 67.3. The first-order valence-corrected chi connectivity index (χ1v) is 46.1. The predicted octanol–water partition coefficient (Wildman–Crippen LogP) is 21.3. The van der Waals surface area contributed by atoms with E-state index in [9.17, 15) is 51.1 Å². The monoisotopic (exact) mass is 1890 g/mol. The van der Waals surface area contributed by atoms with E-state index < -0.39 is 29.5 Å². The molecule has 0 aliphatic carbocycles. The van der Waals surface area contributed by atoms with Crippen LogP contribution in [0.4, 0.5) is 46.0 Å². The Morgan fingerprint density at radius 1 is 0.418 bits per heavy atom. The molecule has 10 heterocycles. The minimum Gasteiger partial charge on any atom is -0.478 e. The number of fused-ring (bicyclic) bond motifs is 5. The average molecular weight is 1900 g/mol. The number of hydrogen-bond donors (Lipinski definition) is 1. The maximum absolute atomic E-state index is 13.9. The molecule has 5 aromatic heterocycles. The number of amides is 5. The molecule has 638 valence electrons. The number of anilines is 5. The molecule has 5 aliphatic rings. The zero-order valence-corrected chi connectivity index (χ0v) is 76.0. The van der Waals surface area contributed by atoms with Gasteiger partial charge in [-0.2, -0.15) is 13.2 Å². The summed E-state index contributed by atoms with van der Waals surface area (Å²) in [7, 11) is 1.30. The number of aromatic carboxylic acids is 1. The van der Waals surface area contributed by atoms with E-state index in [0.717, 1.165) is 161 Å². The summed E-state index contributed by atoms with van der Waals surface area (Å²) in [6.07, 6.45) is 11.6. The lowest BCUT2D eigenvalue weighted by Crippen LogP contribution is -2.37. The highest BCUT2D eigenvalue weighted by Crippen LogP contribution is 2.40. The van der Waals surface area contributed by atoms with Crippen LogP contribution in [0.2, 0.25) is 20.1 Å². The highest BCUT2D eigenvalue weighted by molar-refractivity contribution is 9.10. The van der Waals surface area contributed by atoms with Crippen LogP contribution in [0.1, 0.15) is 114 Å². The number of halogens is 9.